The maximum atomic E-state index is 5.17. The predicted molar refractivity (Wildman–Crippen MR) is 73.1 cm³/mol. The van der Waals surface area contributed by atoms with Crippen LogP contribution in [0, 0.1) is 11.8 Å². The van der Waals surface area contributed by atoms with E-state index in [9.17, 15) is 0 Å². The third kappa shape index (κ3) is 3.01. The number of allylic oxidation sites excluding steroid dienone is 4. The van der Waals surface area contributed by atoms with Crippen LogP contribution in [-0.4, -0.2) is 27.4 Å². The first kappa shape index (κ1) is 12.9. The standard InChI is InChI=1S/C16H18O2/c1-17-11-15-7-3-5-13(15)9-10-14-6-4-8-16(14)12-18-2/h3-4,7-8H,5-6,11-12H2,1-2H3. The molecule has 0 N–H and O–H groups in total. The molecule has 0 amide bonds. The average Bonchev–Trinajstić information content (AvgIpc) is 2.97. The molecule has 2 aliphatic rings. The van der Waals surface area contributed by atoms with Gasteiger partial charge in [0.1, 0.15) is 0 Å². The van der Waals surface area contributed by atoms with Crippen LogP contribution in [0.1, 0.15) is 12.8 Å². The molecule has 0 radical (unpaired) electrons. The third-order valence-corrected chi connectivity index (χ3v) is 3.02. The van der Waals surface area contributed by atoms with Gasteiger partial charge in [0.05, 0.1) is 13.2 Å². The predicted octanol–water partition coefficient (Wildman–Crippen LogP) is 2.80. The summed E-state index contributed by atoms with van der Waals surface area (Å²) in [6, 6.07) is 0. The van der Waals surface area contributed by atoms with E-state index < -0.39 is 0 Å². The van der Waals surface area contributed by atoms with Gasteiger partial charge in [0, 0.05) is 25.4 Å². The molecule has 0 spiro atoms. The normalized spacial score (nSPS) is 17.7. The summed E-state index contributed by atoms with van der Waals surface area (Å²) >= 11 is 0. The molecule has 0 saturated heterocycles. The molecule has 2 rings (SSSR count). The van der Waals surface area contributed by atoms with E-state index >= 15 is 0 Å². The first-order valence-electron chi connectivity index (χ1n) is 6.12. The van der Waals surface area contributed by atoms with Gasteiger partial charge in [-0.25, -0.2) is 0 Å². The van der Waals surface area contributed by atoms with E-state index in [-0.39, 0.29) is 0 Å². The molecule has 2 aliphatic carbocycles. The van der Waals surface area contributed by atoms with Crippen molar-refractivity contribution < 1.29 is 9.47 Å². The SMILES string of the molecule is COCC1=C(C#CC2=C(COC)C=CC2)CC=C1. The highest BCUT2D eigenvalue weighted by Gasteiger charge is 2.08. The summed E-state index contributed by atoms with van der Waals surface area (Å²) in [5.41, 5.74) is 4.75. The molecule has 0 aromatic heterocycles. The summed E-state index contributed by atoms with van der Waals surface area (Å²) in [4.78, 5) is 0. The molecule has 18 heavy (non-hydrogen) atoms. The average molecular weight is 242 g/mol. The Kier molecular flexibility index (Phi) is 4.58. The summed E-state index contributed by atoms with van der Waals surface area (Å²) in [6.07, 6.45) is 10.3. The van der Waals surface area contributed by atoms with E-state index in [0.29, 0.717) is 13.2 Å². The van der Waals surface area contributed by atoms with Gasteiger partial charge in [-0.1, -0.05) is 36.1 Å². The lowest BCUT2D eigenvalue weighted by molar-refractivity contribution is 0.228. The van der Waals surface area contributed by atoms with Gasteiger partial charge in [-0.15, -0.1) is 0 Å². The van der Waals surface area contributed by atoms with Crippen LogP contribution in [-0.2, 0) is 9.47 Å². The molecule has 2 heteroatoms. The van der Waals surface area contributed by atoms with Crippen molar-refractivity contribution in [1.29, 1.82) is 0 Å². The second-order valence-electron chi connectivity index (χ2n) is 4.34. The Balaban J connectivity index is 2.13. The molecule has 0 unspecified atom stereocenters. The van der Waals surface area contributed by atoms with Crippen molar-refractivity contribution >= 4 is 0 Å². The van der Waals surface area contributed by atoms with Crippen LogP contribution < -0.4 is 0 Å². The minimum Gasteiger partial charge on any atom is -0.380 e. The molecule has 0 aromatic carbocycles. The van der Waals surface area contributed by atoms with Crippen LogP contribution >= 0.6 is 0 Å². The second-order valence-corrected chi connectivity index (χ2v) is 4.34. The molecular formula is C16H18O2. The number of methoxy groups -OCH3 is 2. The van der Waals surface area contributed by atoms with E-state index in [1.165, 1.54) is 22.3 Å². The van der Waals surface area contributed by atoms with Gasteiger partial charge in [-0.05, 0) is 24.0 Å². The van der Waals surface area contributed by atoms with Crippen LogP contribution in [0.2, 0.25) is 0 Å². The smallest absolute Gasteiger partial charge is 0.0721 e. The van der Waals surface area contributed by atoms with Crippen molar-refractivity contribution in [2.24, 2.45) is 0 Å². The molecule has 0 aliphatic heterocycles. The number of hydrogen-bond donors (Lipinski definition) is 0. The lowest BCUT2D eigenvalue weighted by atomic mass is 10.1. The van der Waals surface area contributed by atoms with Crippen molar-refractivity contribution in [3.63, 3.8) is 0 Å². The van der Waals surface area contributed by atoms with Crippen LogP contribution in [0.25, 0.3) is 0 Å². The maximum absolute atomic E-state index is 5.17. The first-order valence-corrected chi connectivity index (χ1v) is 6.12. The highest BCUT2D eigenvalue weighted by atomic mass is 16.5. The van der Waals surface area contributed by atoms with E-state index in [1.807, 2.05) is 0 Å². The molecule has 0 aromatic rings. The van der Waals surface area contributed by atoms with Crippen molar-refractivity contribution in [3.8, 4) is 11.8 Å². The van der Waals surface area contributed by atoms with Gasteiger partial charge in [-0.2, -0.15) is 0 Å². The highest BCUT2D eigenvalue weighted by molar-refractivity contribution is 5.52. The number of hydrogen-bond acceptors (Lipinski definition) is 2. The van der Waals surface area contributed by atoms with Crippen molar-refractivity contribution in [2.45, 2.75) is 12.8 Å². The van der Waals surface area contributed by atoms with Gasteiger partial charge < -0.3 is 9.47 Å². The highest BCUT2D eigenvalue weighted by Crippen LogP contribution is 2.21. The minimum absolute atomic E-state index is 0.642. The van der Waals surface area contributed by atoms with Crippen LogP contribution in [0.15, 0.2) is 46.6 Å². The van der Waals surface area contributed by atoms with Crippen molar-refractivity contribution in [3.05, 3.63) is 46.6 Å². The molecule has 0 fully saturated rings. The summed E-state index contributed by atoms with van der Waals surface area (Å²) in [7, 11) is 3.43. The molecule has 0 heterocycles. The first-order chi connectivity index (χ1) is 8.85. The molecular weight excluding hydrogens is 224 g/mol. The summed E-state index contributed by atoms with van der Waals surface area (Å²) < 4.78 is 10.3. The Bertz CT molecular complexity index is 449. The Morgan fingerprint density at radius 2 is 1.33 bits per heavy atom. The van der Waals surface area contributed by atoms with Gasteiger partial charge in [0.25, 0.3) is 0 Å². The van der Waals surface area contributed by atoms with Gasteiger partial charge in [0.2, 0.25) is 0 Å². The monoisotopic (exact) mass is 242 g/mol. The van der Waals surface area contributed by atoms with E-state index in [0.717, 1.165) is 12.8 Å². The second kappa shape index (κ2) is 6.39. The Labute approximate surface area is 109 Å². The molecule has 2 nitrogen and oxygen atoms in total. The number of ether oxygens (including phenoxy) is 2. The quantitative estimate of drug-likeness (QED) is 0.706. The largest absolute Gasteiger partial charge is 0.380 e. The van der Waals surface area contributed by atoms with Crippen LogP contribution in [0.5, 0.6) is 0 Å². The topological polar surface area (TPSA) is 18.5 Å². The van der Waals surface area contributed by atoms with E-state index in [2.05, 4.69) is 36.1 Å². The molecule has 0 bridgehead atoms. The Morgan fingerprint density at radius 1 is 0.889 bits per heavy atom. The lowest BCUT2D eigenvalue weighted by Gasteiger charge is -2.00. The molecule has 94 valence electrons. The summed E-state index contributed by atoms with van der Waals surface area (Å²) in [5, 5.41) is 0. The maximum Gasteiger partial charge on any atom is 0.0721 e. The van der Waals surface area contributed by atoms with E-state index in [4.69, 9.17) is 9.47 Å². The van der Waals surface area contributed by atoms with Crippen LogP contribution in [0.4, 0.5) is 0 Å². The fourth-order valence-corrected chi connectivity index (χ4v) is 2.10. The van der Waals surface area contributed by atoms with Crippen LogP contribution in [0.3, 0.4) is 0 Å². The fourth-order valence-electron chi connectivity index (χ4n) is 2.10. The van der Waals surface area contributed by atoms with Gasteiger partial charge in [0.15, 0.2) is 0 Å². The van der Waals surface area contributed by atoms with Crippen molar-refractivity contribution in [2.75, 3.05) is 27.4 Å². The Hall–Kier alpha value is -1.56. The third-order valence-electron chi connectivity index (χ3n) is 3.02. The minimum atomic E-state index is 0.642. The summed E-state index contributed by atoms with van der Waals surface area (Å²) in [6.45, 7) is 1.28. The fraction of sp³-hybridized carbons (Fsp3) is 0.375. The zero-order chi connectivity index (χ0) is 12.8. The van der Waals surface area contributed by atoms with E-state index in [1.54, 1.807) is 14.2 Å². The number of rotatable bonds is 4. The molecule has 0 atom stereocenters. The van der Waals surface area contributed by atoms with Gasteiger partial charge in [-0.3, -0.25) is 0 Å². The summed E-state index contributed by atoms with van der Waals surface area (Å²) in [5.74, 6) is 6.56. The van der Waals surface area contributed by atoms with Crippen molar-refractivity contribution in [1.82, 2.24) is 0 Å². The zero-order valence-corrected chi connectivity index (χ0v) is 11.0. The molecule has 0 saturated carbocycles. The zero-order valence-electron chi connectivity index (χ0n) is 11.0. The van der Waals surface area contributed by atoms with Gasteiger partial charge >= 0.3 is 0 Å². The lowest BCUT2D eigenvalue weighted by Crippen LogP contribution is -1.94. The Morgan fingerprint density at radius 3 is 1.72 bits per heavy atom.